The number of nitriles is 1. The highest BCUT2D eigenvalue weighted by Gasteiger charge is 2.42. The van der Waals surface area contributed by atoms with Crippen molar-refractivity contribution in [3.8, 4) is 17.7 Å². The number of carbonyl (C=O) groups excluding carboxylic acids is 1. The highest BCUT2D eigenvalue weighted by molar-refractivity contribution is 6.48. The standard InChI is InChI=1S/C26H23N3O4/c1-32-23-9-5-3-7-18(23)12-22(30)25-19-11-17(14-28-16-27)13-26(31,21(19)15-29-25)20-8-4-6-10-24(20)33-2/h3-11,13,15,28,31H,12,14H2,1-2H3. The first-order valence-corrected chi connectivity index (χ1v) is 10.4. The van der Waals surface area contributed by atoms with Crippen molar-refractivity contribution in [3.63, 3.8) is 0 Å². The second-order valence-electron chi connectivity index (χ2n) is 7.64. The largest absolute Gasteiger partial charge is 0.496 e. The molecule has 166 valence electrons. The number of Topliss-reactive ketones (excluding diaryl/α,β-unsaturated/α-hetero) is 1. The number of nitrogens with one attached hydrogen (secondary N) is 1. The van der Waals surface area contributed by atoms with E-state index in [4.69, 9.17) is 14.7 Å². The van der Waals surface area contributed by atoms with E-state index >= 15 is 0 Å². The molecule has 7 heteroatoms. The van der Waals surface area contributed by atoms with Gasteiger partial charge in [-0.15, -0.1) is 0 Å². The van der Waals surface area contributed by atoms with E-state index in [1.54, 1.807) is 43.5 Å². The smallest absolute Gasteiger partial charge is 0.186 e. The van der Waals surface area contributed by atoms with Gasteiger partial charge in [-0.3, -0.25) is 9.79 Å². The molecule has 2 aromatic carbocycles. The number of hydrogen-bond acceptors (Lipinski definition) is 7. The third-order valence-corrected chi connectivity index (χ3v) is 5.70. The molecule has 1 aliphatic carbocycles. The molecule has 1 atom stereocenters. The summed E-state index contributed by atoms with van der Waals surface area (Å²) in [6, 6.07) is 14.5. The van der Waals surface area contributed by atoms with E-state index in [0.717, 1.165) is 5.56 Å². The van der Waals surface area contributed by atoms with Gasteiger partial charge in [-0.25, -0.2) is 0 Å². The van der Waals surface area contributed by atoms with Gasteiger partial charge in [0.1, 0.15) is 22.8 Å². The Kier molecular flexibility index (Phi) is 6.11. The monoisotopic (exact) mass is 441 g/mol. The fourth-order valence-corrected chi connectivity index (χ4v) is 4.17. The van der Waals surface area contributed by atoms with E-state index in [9.17, 15) is 9.90 Å². The summed E-state index contributed by atoms with van der Waals surface area (Å²) in [5.41, 5.74) is 1.60. The molecule has 0 bridgehead atoms. The molecule has 0 spiro atoms. The molecule has 0 aromatic heterocycles. The number of fused-ring (bicyclic) bond motifs is 1. The topological polar surface area (TPSA) is 104 Å². The molecular formula is C26H23N3O4. The number of aliphatic hydroxyl groups is 1. The second kappa shape index (κ2) is 9.15. The second-order valence-corrected chi connectivity index (χ2v) is 7.64. The van der Waals surface area contributed by atoms with E-state index in [-0.39, 0.29) is 24.5 Å². The highest BCUT2D eigenvalue weighted by atomic mass is 16.5. The minimum atomic E-state index is -1.58. The zero-order valence-corrected chi connectivity index (χ0v) is 18.3. The SMILES string of the molecule is COc1ccccc1CC(=O)C1=NC=C2C1=CC(CNC#N)=CC2(O)c1ccccc1OC. The summed E-state index contributed by atoms with van der Waals surface area (Å²) in [6.45, 7) is 0.193. The Morgan fingerprint density at radius 3 is 2.55 bits per heavy atom. The first kappa shape index (κ1) is 22.1. The van der Waals surface area contributed by atoms with Gasteiger partial charge < -0.3 is 19.9 Å². The van der Waals surface area contributed by atoms with E-state index in [2.05, 4.69) is 10.3 Å². The van der Waals surface area contributed by atoms with Crippen LogP contribution in [0.25, 0.3) is 0 Å². The van der Waals surface area contributed by atoms with Crippen molar-refractivity contribution in [3.05, 3.63) is 94.7 Å². The normalized spacial score (nSPS) is 18.7. The zero-order valence-electron chi connectivity index (χ0n) is 18.3. The summed E-state index contributed by atoms with van der Waals surface area (Å²) in [4.78, 5) is 17.7. The van der Waals surface area contributed by atoms with Gasteiger partial charge in [0.2, 0.25) is 0 Å². The number of para-hydroxylation sites is 2. The Bertz CT molecular complexity index is 1270. The number of ether oxygens (including phenoxy) is 2. The molecular weight excluding hydrogens is 418 g/mol. The average molecular weight is 441 g/mol. The summed E-state index contributed by atoms with van der Waals surface area (Å²) < 4.78 is 10.9. The lowest BCUT2D eigenvalue weighted by Gasteiger charge is -2.33. The van der Waals surface area contributed by atoms with Crippen molar-refractivity contribution in [1.29, 1.82) is 5.26 Å². The molecule has 1 aliphatic heterocycles. The lowest BCUT2D eigenvalue weighted by molar-refractivity contribution is -0.112. The van der Waals surface area contributed by atoms with Crippen molar-refractivity contribution in [2.45, 2.75) is 12.0 Å². The Hall–Kier alpha value is -4.15. The Balaban J connectivity index is 1.73. The molecule has 0 radical (unpaired) electrons. The summed E-state index contributed by atoms with van der Waals surface area (Å²) in [7, 11) is 3.09. The maximum Gasteiger partial charge on any atom is 0.186 e. The van der Waals surface area contributed by atoms with Crippen molar-refractivity contribution in [2.24, 2.45) is 4.99 Å². The summed E-state index contributed by atoms with van der Waals surface area (Å²) in [5.74, 6) is 0.924. The molecule has 0 amide bonds. The van der Waals surface area contributed by atoms with Gasteiger partial charge in [-0.1, -0.05) is 36.4 Å². The van der Waals surface area contributed by atoms with Crippen LogP contribution in [0.3, 0.4) is 0 Å². The molecule has 0 saturated carbocycles. The van der Waals surface area contributed by atoms with Crippen LogP contribution in [0.4, 0.5) is 0 Å². The first-order chi connectivity index (χ1) is 16.0. The summed E-state index contributed by atoms with van der Waals surface area (Å²) >= 11 is 0. The Morgan fingerprint density at radius 1 is 1.12 bits per heavy atom. The number of rotatable bonds is 8. The van der Waals surface area contributed by atoms with E-state index in [1.807, 2.05) is 30.5 Å². The number of aliphatic imine (C=N–C) groups is 1. The van der Waals surface area contributed by atoms with Gasteiger partial charge in [0.15, 0.2) is 12.0 Å². The van der Waals surface area contributed by atoms with E-state index < -0.39 is 5.60 Å². The summed E-state index contributed by atoms with van der Waals surface area (Å²) in [6.07, 6.45) is 6.96. The minimum Gasteiger partial charge on any atom is -0.496 e. The van der Waals surface area contributed by atoms with Crippen molar-refractivity contribution in [1.82, 2.24) is 5.32 Å². The molecule has 33 heavy (non-hydrogen) atoms. The van der Waals surface area contributed by atoms with Crippen molar-refractivity contribution in [2.75, 3.05) is 20.8 Å². The number of ketones is 1. The molecule has 1 unspecified atom stereocenters. The quantitative estimate of drug-likeness (QED) is 0.482. The highest BCUT2D eigenvalue weighted by Crippen LogP contribution is 2.45. The van der Waals surface area contributed by atoms with Gasteiger partial charge in [0.25, 0.3) is 0 Å². The third-order valence-electron chi connectivity index (χ3n) is 5.70. The molecule has 7 nitrogen and oxygen atoms in total. The van der Waals surface area contributed by atoms with Gasteiger partial charge in [0.05, 0.1) is 14.2 Å². The van der Waals surface area contributed by atoms with Gasteiger partial charge in [0, 0.05) is 41.4 Å². The Morgan fingerprint density at radius 2 is 1.82 bits per heavy atom. The number of hydrogen-bond donors (Lipinski definition) is 2. The van der Waals surface area contributed by atoms with Crippen molar-refractivity contribution < 1.29 is 19.4 Å². The number of carbonyl (C=O) groups is 1. The van der Waals surface area contributed by atoms with Crippen molar-refractivity contribution >= 4 is 11.5 Å². The number of benzene rings is 2. The number of methoxy groups -OCH3 is 2. The first-order valence-electron chi connectivity index (χ1n) is 10.4. The molecule has 2 N–H and O–H groups in total. The average Bonchev–Trinajstić information content (AvgIpc) is 3.28. The molecule has 2 aliphatic rings. The maximum atomic E-state index is 13.3. The predicted octanol–water partition coefficient (Wildman–Crippen LogP) is 2.98. The molecule has 0 fully saturated rings. The van der Waals surface area contributed by atoms with Crippen LogP contribution in [0.5, 0.6) is 11.5 Å². The number of nitrogens with zero attached hydrogens (tertiary/aromatic N) is 2. The van der Waals surface area contributed by atoms with Crippen LogP contribution in [0.1, 0.15) is 11.1 Å². The maximum absolute atomic E-state index is 13.3. The lowest BCUT2D eigenvalue weighted by Crippen LogP contribution is -2.33. The fourth-order valence-electron chi connectivity index (χ4n) is 4.17. The molecule has 4 rings (SSSR count). The van der Waals surface area contributed by atoms with Crippen LogP contribution < -0.4 is 14.8 Å². The van der Waals surface area contributed by atoms with Crippen LogP contribution in [-0.4, -0.2) is 37.4 Å². The van der Waals surface area contributed by atoms with Crippen LogP contribution in [0.2, 0.25) is 0 Å². The predicted molar refractivity (Wildman–Crippen MR) is 124 cm³/mol. The van der Waals surface area contributed by atoms with Crippen LogP contribution in [-0.2, 0) is 16.8 Å². The zero-order chi connectivity index (χ0) is 23.4. The van der Waals surface area contributed by atoms with Crippen LogP contribution >= 0.6 is 0 Å². The van der Waals surface area contributed by atoms with Gasteiger partial charge >= 0.3 is 0 Å². The molecule has 1 heterocycles. The molecule has 0 saturated heterocycles. The fraction of sp³-hybridized carbons (Fsp3) is 0.192. The lowest BCUT2D eigenvalue weighted by atomic mass is 9.76. The van der Waals surface area contributed by atoms with Crippen LogP contribution in [0.15, 0.2) is 88.6 Å². The molecule has 2 aromatic rings. The minimum absolute atomic E-state index is 0.101. The van der Waals surface area contributed by atoms with Gasteiger partial charge in [-0.2, -0.15) is 5.26 Å². The third kappa shape index (κ3) is 4.04. The summed E-state index contributed by atoms with van der Waals surface area (Å²) in [5, 5.41) is 23.5. The van der Waals surface area contributed by atoms with E-state index in [1.165, 1.54) is 13.3 Å². The van der Waals surface area contributed by atoms with Gasteiger partial charge in [-0.05, 0) is 29.9 Å². The van der Waals surface area contributed by atoms with Crippen LogP contribution in [0, 0.1) is 11.5 Å². The van der Waals surface area contributed by atoms with E-state index in [0.29, 0.717) is 33.8 Å². The Labute approximate surface area is 192 Å².